The molecule has 0 bridgehead atoms. The van der Waals surface area contributed by atoms with Crippen LogP contribution in [-0.4, -0.2) is 38.4 Å². The Hall–Kier alpha value is -2.48. The number of rotatable bonds is 5. The molecule has 1 aliphatic rings. The van der Waals surface area contributed by atoms with Gasteiger partial charge >= 0.3 is 0 Å². The van der Waals surface area contributed by atoms with Crippen LogP contribution in [0.3, 0.4) is 0 Å². The lowest BCUT2D eigenvalue weighted by Crippen LogP contribution is -2.46. The first kappa shape index (κ1) is 19.8. The number of carbonyl (C=O) groups is 1. The maximum Gasteiger partial charge on any atom is 0.253 e. The van der Waals surface area contributed by atoms with Crippen molar-refractivity contribution in [2.75, 3.05) is 13.1 Å². The highest BCUT2D eigenvalue weighted by atomic mass is 32.2. The van der Waals surface area contributed by atoms with E-state index >= 15 is 0 Å². The van der Waals surface area contributed by atoms with Crippen molar-refractivity contribution in [1.82, 2.24) is 9.62 Å². The quantitative estimate of drug-likeness (QED) is 0.671. The van der Waals surface area contributed by atoms with E-state index in [-0.39, 0.29) is 11.9 Å². The third kappa shape index (κ3) is 4.58. The van der Waals surface area contributed by atoms with Gasteiger partial charge in [0.25, 0.3) is 5.91 Å². The van der Waals surface area contributed by atoms with Crippen LogP contribution in [-0.2, 0) is 10.0 Å². The zero-order valence-electron chi connectivity index (χ0n) is 15.8. The number of carbonyl (C=O) groups excluding carboxylic acids is 1. The van der Waals surface area contributed by atoms with E-state index in [0.29, 0.717) is 35.7 Å². The first-order valence-electron chi connectivity index (χ1n) is 9.53. The Balaban J connectivity index is 1.35. The lowest BCUT2D eigenvalue weighted by atomic mass is 10.0. The Labute approximate surface area is 175 Å². The summed E-state index contributed by atoms with van der Waals surface area (Å²) in [5, 5.41) is 1.75. The third-order valence-electron chi connectivity index (χ3n) is 5.10. The van der Waals surface area contributed by atoms with Crippen LogP contribution in [0.15, 0.2) is 76.3 Å². The van der Waals surface area contributed by atoms with E-state index in [4.69, 9.17) is 0 Å². The van der Waals surface area contributed by atoms with Gasteiger partial charge in [-0.25, -0.2) is 13.1 Å². The second-order valence-electron chi connectivity index (χ2n) is 7.06. The van der Waals surface area contributed by atoms with E-state index < -0.39 is 10.0 Å². The minimum atomic E-state index is -3.47. The Bertz CT molecular complexity index is 1060. The number of benzene rings is 2. The van der Waals surface area contributed by atoms with Crippen LogP contribution in [0.25, 0.3) is 11.1 Å². The largest absolute Gasteiger partial charge is 0.339 e. The summed E-state index contributed by atoms with van der Waals surface area (Å²) < 4.78 is 27.8. The van der Waals surface area contributed by atoms with E-state index in [9.17, 15) is 13.2 Å². The predicted molar refractivity (Wildman–Crippen MR) is 115 cm³/mol. The van der Waals surface area contributed by atoms with E-state index in [0.717, 1.165) is 11.1 Å². The molecule has 5 nitrogen and oxygen atoms in total. The van der Waals surface area contributed by atoms with Crippen LogP contribution in [0.2, 0.25) is 0 Å². The maximum absolute atomic E-state index is 12.8. The summed E-state index contributed by atoms with van der Waals surface area (Å²) in [5.74, 6) is -0.0100. The van der Waals surface area contributed by atoms with E-state index in [2.05, 4.69) is 4.72 Å². The monoisotopic (exact) mass is 426 g/mol. The first-order chi connectivity index (χ1) is 14.0. The molecule has 2 heterocycles. The third-order valence-corrected chi connectivity index (χ3v) is 8.02. The second-order valence-corrected chi connectivity index (χ2v) is 9.95. The summed E-state index contributed by atoms with van der Waals surface area (Å²) in [6.45, 7) is 1.08. The van der Waals surface area contributed by atoms with Gasteiger partial charge in [0, 0.05) is 24.7 Å². The van der Waals surface area contributed by atoms with Crippen molar-refractivity contribution in [3.63, 3.8) is 0 Å². The van der Waals surface area contributed by atoms with Crippen molar-refractivity contribution in [2.45, 2.75) is 23.1 Å². The number of likely N-dealkylation sites (tertiary alicyclic amines) is 1. The molecular formula is C22H22N2O3S2. The number of sulfonamides is 1. The van der Waals surface area contributed by atoms with Crippen LogP contribution >= 0.6 is 11.3 Å². The molecule has 0 saturated carbocycles. The Morgan fingerprint density at radius 3 is 2.17 bits per heavy atom. The van der Waals surface area contributed by atoms with Crippen LogP contribution < -0.4 is 4.72 Å². The van der Waals surface area contributed by atoms with Gasteiger partial charge in [0.15, 0.2) is 0 Å². The van der Waals surface area contributed by atoms with Gasteiger partial charge in [-0.15, -0.1) is 11.3 Å². The fourth-order valence-corrected chi connectivity index (χ4v) is 5.83. The molecule has 1 fully saturated rings. The fourth-order valence-electron chi connectivity index (χ4n) is 3.51. The Kier molecular flexibility index (Phi) is 5.80. The minimum absolute atomic E-state index is 0.0100. The average molecular weight is 427 g/mol. The van der Waals surface area contributed by atoms with E-state index in [1.807, 2.05) is 54.6 Å². The number of hydrogen-bond donors (Lipinski definition) is 1. The number of piperidine rings is 1. The molecule has 0 spiro atoms. The van der Waals surface area contributed by atoms with Crippen molar-refractivity contribution in [3.8, 4) is 11.1 Å². The SMILES string of the molecule is O=C(c1ccc(-c2ccccc2)cc1)N1CCC(NS(=O)(=O)c2cccs2)CC1. The molecule has 1 aliphatic heterocycles. The predicted octanol–water partition coefficient (Wildman–Crippen LogP) is 4.00. The molecule has 3 aromatic rings. The molecule has 0 atom stereocenters. The lowest BCUT2D eigenvalue weighted by Gasteiger charge is -2.32. The summed E-state index contributed by atoms with van der Waals surface area (Å²) >= 11 is 1.21. The van der Waals surface area contributed by atoms with Gasteiger partial charge in [-0.2, -0.15) is 0 Å². The summed E-state index contributed by atoms with van der Waals surface area (Å²) in [6, 6.07) is 20.9. The van der Waals surface area contributed by atoms with Gasteiger partial charge in [0.1, 0.15) is 4.21 Å². The van der Waals surface area contributed by atoms with Gasteiger partial charge in [-0.1, -0.05) is 48.5 Å². The van der Waals surface area contributed by atoms with Crippen molar-refractivity contribution in [1.29, 1.82) is 0 Å². The molecule has 0 radical (unpaired) electrons. The van der Waals surface area contributed by atoms with Gasteiger partial charge in [-0.3, -0.25) is 4.79 Å². The molecule has 0 unspecified atom stereocenters. The van der Waals surface area contributed by atoms with Crippen LogP contribution in [0, 0.1) is 0 Å². The number of nitrogens with zero attached hydrogens (tertiary/aromatic N) is 1. The van der Waals surface area contributed by atoms with E-state index in [1.54, 1.807) is 22.4 Å². The fraction of sp³-hybridized carbons (Fsp3) is 0.227. The van der Waals surface area contributed by atoms with Crippen molar-refractivity contribution >= 4 is 27.3 Å². The second kappa shape index (κ2) is 8.49. The van der Waals surface area contributed by atoms with Crippen molar-refractivity contribution < 1.29 is 13.2 Å². The summed E-state index contributed by atoms with van der Waals surface area (Å²) in [6.07, 6.45) is 1.22. The maximum atomic E-state index is 12.8. The molecule has 2 aromatic carbocycles. The zero-order valence-corrected chi connectivity index (χ0v) is 17.5. The van der Waals surface area contributed by atoms with Gasteiger partial charge in [-0.05, 0) is 47.5 Å². The standard InChI is InChI=1S/C22H22N2O3S2/c25-22(19-10-8-18(9-11-19)17-5-2-1-3-6-17)24-14-12-20(13-15-24)23-29(26,27)21-7-4-16-28-21/h1-11,16,20,23H,12-15H2. The molecule has 1 aromatic heterocycles. The number of thiophene rings is 1. The highest BCUT2D eigenvalue weighted by molar-refractivity contribution is 7.91. The lowest BCUT2D eigenvalue weighted by molar-refractivity contribution is 0.0711. The first-order valence-corrected chi connectivity index (χ1v) is 11.9. The highest BCUT2D eigenvalue weighted by Gasteiger charge is 2.27. The summed E-state index contributed by atoms with van der Waals surface area (Å²) in [7, 11) is -3.47. The van der Waals surface area contributed by atoms with Crippen LogP contribution in [0.1, 0.15) is 23.2 Å². The summed E-state index contributed by atoms with van der Waals surface area (Å²) in [4.78, 5) is 14.6. The average Bonchev–Trinajstić information content (AvgIpc) is 3.30. The van der Waals surface area contributed by atoms with Gasteiger partial charge in [0.05, 0.1) is 0 Å². The van der Waals surface area contributed by atoms with Crippen molar-refractivity contribution in [3.05, 3.63) is 77.7 Å². The van der Waals surface area contributed by atoms with E-state index in [1.165, 1.54) is 11.3 Å². The van der Waals surface area contributed by atoms with Crippen molar-refractivity contribution in [2.24, 2.45) is 0 Å². The zero-order chi connectivity index (χ0) is 20.3. The Morgan fingerprint density at radius 1 is 0.897 bits per heavy atom. The highest BCUT2D eigenvalue weighted by Crippen LogP contribution is 2.22. The molecular weight excluding hydrogens is 404 g/mol. The van der Waals surface area contributed by atoms with Crippen LogP contribution in [0.4, 0.5) is 0 Å². The van der Waals surface area contributed by atoms with Crippen LogP contribution in [0.5, 0.6) is 0 Å². The normalized spacial score (nSPS) is 15.4. The molecule has 1 N–H and O–H groups in total. The smallest absolute Gasteiger partial charge is 0.253 e. The molecule has 150 valence electrons. The molecule has 1 saturated heterocycles. The van der Waals surface area contributed by atoms with Gasteiger partial charge < -0.3 is 4.90 Å². The summed E-state index contributed by atoms with van der Waals surface area (Å²) in [5.41, 5.74) is 2.84. The number of hydrogen-bond acceptors (Lipinski definition) is 4. The minimum Gasteiger partial charge on any atom is -0.339 e. The molecule has 0 aliphatic carbocycles. The topological polar surface area (TPSA) is 66.5 Å². The molecule has 29 heavy (non-hydrogen) atoms. The molecule has 4 rings (SSSR count). The molecule has 1 amide bonds. The molecule has 7 heteroatoms. The van der Waals surface area contributed by atoms with Gasteiger partial charge in [0.2, 0.25) is 10.0 Å². The Morgan fingerprint density at radius 2 is 1.55 bits per heavy atom. The number of nitrogens with one attached hydrogen (secondary N) is 1. The number of amides is 1.